The van der Waals surface area contributed by atoms with E-state index in [9.17, 15) is 14.7 Å². The number of hydrogen-bond acceptors (Lipinski definition) is 6. The number of hydrogen-bond donors (Lipinski definition) is 4. The Bertz CT molecular complexity index is 725. The van der Waals surface area contributed by atoms with Crippen LogP contribution < -0.4 is 16.4 Å². The van der Waals surface area contributed by atoms with Crippen molar-refractivity contribution in [3.63, 3.8) is 0 Å². The van der Waals surface area contributed by atoms with Gasteiger partial charge in [-0.1, -0.05) is 51.4 Å². The molecule has 1 aromatic carbocycles. The number of aromatic hydroxyl groups is 1. The molecule has 0 saturated heterocycles. The molecule has 32 heavy (non-hydrogen) atoms. The number of phenols is 1. The molecule has 0 saturated carbocycles. The maximum absolute atomic E-state index is 13.2. The van der Waals surface area contributed by atoms with Gasteiger partial charge in [0.1, 0.15) is 17.9 Å². The quantitative estimate of drug-likeness (QED) is 0.276. The fraction of sp³-hybridized carbons (Fsp3) is 0.609. The van der Waals surface area contributed by atoms with E-state index in [0.29, 0.717) is 0 Å². The van der Waals surface area contributed by atoms with Crippen molar-refractivity contribution < 1.29 is 19.5 Å². The lowest BCUT2D eigenvalue weighted by molar-refractivity contribution is -0.130. The van der Waals surface area contributed by atoms with Crippen molar-refractivity contribution in [3.05, 3.63) is 29.8 Å². The van der Waals surface area contributed by atoms with Crippen LogP contribution in [0.1, 0.15) is 53.5 Å². The SMILES string of the molecule is CC[C@H](C)[C@@H](C=NOC(C)C)NC(=O)[C@H](Cc1ccc(O)cc1)NC(=O)[C@@H](N)C(C)C.Cl. The molecule has 0 heterocycles. The number of carbonyl (C=O) groups excluding carboxylic acids is 2. The number of benzene rings is 1. The molecule has 9 heteroatoms. The monoisotopic (exact) mass is 470 g/mol. The summed E-state index contributed by atoms with van der Waals surface area (Å²) in [6.45, 7) is 11.5. The van der Waals surface area contributed by atoms with Gasteiger partial charge in [-0.25, -0.2) is 0 Å². The molecule has 0 bridgehead atoms. The minimum Gasteiger partial charge on any atom is -0.508 e. The Hall–Kier alpha value is -2.32. The maximum Gasteiger partial charge on any atom is 0.243 e. The number of phenolic OH excluding ortho intramolecular Hbond substituents is 1. The van der Waals surface area contributed by atoms with Crippen molar-refractivity contribution >= 4 is 30.4 Å². The highest BCUT2D eigenvalue weighted by Crippen LogP contribution is 2.13. The minimum absolute atomic E-state index is 0. The Morgan fingerprint density at radius 1 is 1.09 bits per heavy atom. The van der Waals surface area contributed by atoms with E-state index in [4.69, 9.17) is 10.6 Å². The molecule has 0 fully saturated rings. The van der Waals surface area contributed by atoms with Crippen LogP contribution in [0.15, 0.2) is 29.4 Å². The fourth-order valence-electron chi connectivity index (χ4n) is 2.72. The van der Waals surface area contributed by atoms with Crippen LogP contribution in [0.4, 0.5) is 0 Å². The molecule has 0 spiro atoms. The molecule has 8 nitrogen and oxygen atoms in total. The molecule has 4 atom stereocenters. The van der Waals surface area contributed by atoms with E-state index in [1.54, 1.807) is 30.5 Å². The Morgan fingerprint density at radius 2 is 1.69 bits per heavy atom. The number of carbonyl (C=O) groups is 2. The fourth-order valence-corrected chi connectivity index (χ4v) is 2.72. The predicted molar refractivity (Wildman–Crippen MR) is 130 cm³/mol. The summed E-state index contributed by atoms with van der Waals surface area (Å²) < 4.78 is 0. The zero-order valence-corrected chi connectivity index (χ0v) is 20.7. The third kappa shape index (κ3) is 10.3. The van der Waals surface area contributed by atoms with Gasteiger partial charge in [0.05, 0.1) is 18.3 Å². The molecule has 182 valence electrons. The number of halogens is 1. The Balaban J connectivity index is 0.00000961. The van der Waals surface area contributed by atoms with Gasteiger partial charge >= 0.3 is 0 Å². The minimum atomic E-state index is -0.826. The summed E-state index contributed by atoms with van der Waals surface area (Å²) in [4.78, 5) is 31.0. The van der Waals surface area contributed by atoms with E-state index in [2.05, 4.69) is 15.8 Å². The summed E-state index contributed by atoms with van der Waals surface area (Å²) >= 11 is 0. The summed E-state index contributed by atoms with van der Waals surface area (Å²) in [5.74, 6) is -0.532. The van der Waals surface area contributed by atoms with E-state index < -0.39 is 12.1 Å². The smallest absolute Gasteiger partial charge is 0.243 e. The molecule has 5 N–H and O–H groups in total. The maximum atomic E-state index is 13.2. The number of rotatable bonds is 12. The molecule has 0 aliphatic carbocycles. The molecular weight excluding hydrogens is 432 g/mol. The lowest BCUT2D eigenvalue weighted by Gasteiger charge is -2.26. The Labute approximate surface area is 197 Å². The van der Waals surface area contributed by atoms with Crippen LogP contribution in [-0.4, -0.2) is 47.4 Å². The van der Waals surface area contributed by atoms with Crippen LogP contribution in [0.3, 0.4) is 0 Å². The molecule has 1 aromatic rings. The van der Waals surface area contributed by atoms with Gasteiger partial charge in [0.25, 0.3) is 0 Å². The first-order valence-electron chi connectivity index (χ1n) is 10.9. The number of nitrogens with two attached hydrogens (primary N) is 1. The van der Waals surface area contributed by atoms with Crippen LogP contribution in [-0.2, 0) is 20.8 Å². The zero-order chi connectivity index (χ0) is 23.6. The predicted octanol–water partition coefficient (Wildman–Crippen LogP) is 2.77. The molecular formula is C23H39ClN4O4. The van der Waals surface area contributed by atoms with Crippen molar-refractivity contribution in [3.8, 4) is 5.75 Å². The first kappa shape index (κ1) is 29.7. The van der Waals surface area contributed by atoms with E-state index in [1.807, 2.05) is 41.5 Å². The second kappa shape index (κ2) is 14.7. The molecule has 1 rings (SSSR count). The van der Waals surface area contributed by atoms with Gasteiger partial charge in [0.2, 0.25) is 11.8 Å². The van der Waals surface area contributed by atoms with Crippen molar-refractivity contribution in [1.82, 2.24) is 10.6 Å². The summed E-state index contributed by atoms with van der Waals surface area (Å²) in [5.41, 5.74) is 6.77. The van der Waals surface area contributed by atoms with Crippen molar-refractivity contribution in [2.75, 3.05) is 0 Å². The van der Waals surface area contributed by atoms with Crippen LogP contribution in [0.2, 0.25) is 0 Å². The van der Waals surface area contributed by atoms with Crippen molar-refractivity contribution in [2.24, 2.45) is 22.7 Å². The molecule has 0 aliphatic heterocycles. The molecule has 2 amide bonds. The number of oxime groups is 1. The average molecular weight is 471 g/mol. The lowest BCUT2D eigenvalue weighted by atomic mass is 9.98. The van der Waals surface area contributed by atoms with E-state index in [-0.39, 0.29) is 60.4 Å². The second-order valence-corrected chi connectivity index (χ2v) is 8.53. The van der Waals surface area contributed by atoms with Gasteiger partial charge in [0.15, 0.2) is 0 Å². The standard InChI is InChI=1S/C23H38N4O4.ClH/c1-7-16(6)20(13-25-31-15(4)5)27-22(29)19(26-23(30)21(24)14(2)3)12-17-8-10-18(28)11-9-17;/h8-11,13-16,19-21,28H,7,12,24H2,1-6H3,(H,26,30)(H,27,29);1H/t16-,19-,20+,21-;/m0./s1. The van der Waals surface area contributed by atoms with Crippen LogP contribution in [0.5, 0.6) is 5.75 Å². The number of nitrogens with one attached hydrogen (secondary N) is 2. The van der Waals surface area contributed by atoms with Gasteiger partial charge in [-0.3, -0.25) is 9.59 Å². The summed E-state index contributed by atoms with van der Waals surface area (Å²) in [7, 11) is 0. The second-order valence-electron chi connectivity index (χ2n) is 8.53. The largest absolute Gasteiger partial charge is 0.508 e. The highest BCUT2D eigenvalue weighted by atomic mass is 35.5. The van der Waals surface area contributed by atoms with Gasteiger partial charge in [-0.2, -0.15) is 0 Å². The van der Waals surface area contributed by atoms with E-state index in [1.165, 1.54) is 0 Å². The van der Waals surface area contributed by atoms with E-state index >= 15 is 0 Å². The average Bonchev–Trinajstić information content (AvgIpc) is 2.72. The summed E-state index contributed by atoms with van der Waals surface area (Å²) in [6, 6.07) is 4.62. The van der Waals surface area contributed by atoms with E-state index in [0.717, 1.165) is 12.0 Å². The highest BCUT2D eigenvalue weighted by molar-refractivity contribution is 5.91. The van der Waals surface area contributed by atoms with Gasteiger partial charge in [-0.05, 0) is 43.4 Å². The molecule has 0 unspecified atom stereocenters. The van der Waals surface area contributed by atoms with Gasteiger partial charge in [-0.15, -0.1) is 12.4 Å². The topological polar surface area (TPSA) is 126 Å². The summed E-state index contributed by atoms with van der Waals surface area (Å²) in [6.07, 6.45) is 2.61. The lowest BCUT2D eigenvalue weighted by Crippen LogP contribution is -2.56. The normalized spacial score (nSPS) is 15.0. The number of nitrogens with zero attached hydrogens (tertiary/aromatic N) is 1. The third-order valence-corrected chi connectivity index (χ3v) is 5.09. The van der Waals surface area contributed by atoms with Crippen LogP contribution in [0.25, 0.3) is 0 Å². The Morgan fingerprint density at radius 3 is 2.19 bits per heavy atom. The third-order valence-electron chi connectivity index (χ3n) is 5.09. The van der Waals surface area contributed by atoms with Gasteiger partial charge in [0, 0.05) is 6.42 Å². The van der Waals surface area contributed by atoms with Crippen molar-refractivity contribution in [2.45, 2.75) is 78.6 Å². The van der Waals surface area contributed by atoms with Gasteiger partial charge < -0.3 is 26.3 Å². The zero-order valence-electron chi connectivity index (χ0n) is 19.9. The van der Waals surface area contributed by atoms with Crippen LogP contribution in [0, 0.1) is 11.8 Å². The molecule has 0 aromatic heterocycles. The molecule has 0 radical (unpaired) electrons. The number of amides is 2. The summed E-state index contributed by atoms with van der Waals surface area (Å²) in [5, 5.41) is 19.3. The first-order chi connectivity index (χ1) is 14.5. The van der Waals surface area contributed by atoms with Crippen molar-refractivity contribution in [1.29, 1.82) is 0 Å². The molecule has 0 aliphatic rings. The highest BCUT2D eigenvalue weighted by Gasteiger charge is 2.28. The van der Waals surface area contributed by atoms with Crippen LogP contribution >= 0.6 is 12.4 Å². The Kier molecular flexibility index (Phi) is 13.6. The first-order valence-corrected chi connectivity index (χ1v) is 10.9.